The molecule has 0 unspecified atom stereocenters. The van der Waals surface area contributed by atoms with Crippen LogP contribution in [0, 0.1) is 0 Å². The lowest BCUT2D eigenvalue weighted by Crippen LogP contribution is -1.98. The smallest absolute Gasteiger partial charge is 0.0641 e. The maximum absolute atomic E-state index is 2.48. The molecular weight excluding hydrogens is 705 g/mol. The number of nitrogens with zero attached hydrogens (tertiary/aromatic N) is 4. The normalized spacial score (nSPS) is 12.1. The van der Waals surface area contributed by atoms with Gasteiger partial charge in [0.15, 0.2) is 0 Å². The van der Waals surface area contributed by atoms with E-state index in [2.05, 4.69) is 225 Å². The highest BCUT2D eigenvalue weighted by Crippen LogP contribution is 2.43. The second kappa shape index (κ2) is 11.8. The molecular formula is C54H34N4. The van der Waals surface area contributed by atoms with E-state index in [0.29, 0.717) is 0 Å². The third-order valence-corrected chi connectivity index (χ3v) is 12.4. The molecule has 0 spiro atoms. The SMILES string of the molecule is c1ccc2c(c1)c1ccccc1n2-c1ccc(-n2c3ccccc3c3c2ccc2c4ccccc4n(-c4ccc(-n5c6ccccc6c6ccccc65)cc4)c23)cc1. The second-order valence-electron chi connectivity index (χ2n) is 15.3. The van der Waals surface area contributed by atoms with E-state index in [0.717, 1.165) is 22.7 Å². The van der Waals surface area contributed by atoms with Crippen LogP contribution in [-0.2, 0) is 0 Å². The largest absolute Gasteiger partial charge is 0.309 e. The summed E-state index contributed by atoms with van der Waals surface area (Å²) < 4.78 is 9.69. The van der Waals surface area contributed by atoms with Gasteiger partial charge in [-0.2, -0.15) is 0 Å². The van der Waals surface area contributed by atoms with Crippen molar-refractivity contribution in [2.75, 3.05) is 0 Å². The van der Waals surface area contributed by atoms with Crippen LogP contribution in [0.2, 0.25) is 0 Å². The predicted octanol–water partition coefficient (Wildman–Crippen LogP) is 14.1. The Morgan fingerprint density at radius 3 is 0.862 bits per heavy atom. The van der Waals surface area contributed by atoms with Crippen molar-refractivity contribution < 1.29 is 0 Å². The van der Waals surface area contributed by atoms with E-state index in [1.165, 1.54) is 87.2 Å². The lowest BCUT2D eigenvalue weighted by Gasteiger charge is -2.13. The van der Waals surface area contributed by atoms with Crippen LogP contribution in [0.1, 0.15) is 0 Å². The van der Waals surface area contributed by atoms with Gasteiger partial charge in [-0.05, 0) is 91.0 Å². The third-order valence-electron chi connectivity index (χ3n) is 12.4. The molecule has 4 nitrogen and oxygen atoms in total. The number of hydrogen-bond acceptors (Lipinski definition) is 0. The molecule has 0 N–H and O–H groups in total. The maximum Gasteiger partial charge on any atom is 0.0641 e. The van der Waals surface area contributed by atoms with Crippen LogP contribution in [0.25, 0.3) is 110 Å². The molecule has 13 aromatic rings. The van der Waals surface area contributed by atoms with Crippen molar-refractivity contribution in [3.05, 3.63) is 206 Å². The first-order chi connectivity index (χ1) is 28.8. The van der Waals surface area contributed by atoms with Crippen molar-refractivity contribution in [1.29, 1.82) is 0 Å². The summed E-state index contributed by atoms with van der Waals surface area (Å²) in [5, 5.41) is 10.1. The fraction of sp³-hybridized carbons (Fsp3) is 0. The molecule has 0 aliphatic carbocycles. The first-order valence-electron chi connectivity index (χ1n) is 20.0. The van der Waals surface area contributed by atoms with Gasteiger partial charge in [0.2, 0.25) is 0 Å². The highest BCUT2D eigenvalue weighted by Gasteiger charge is 2.21. The van der Waals surface area contributed by atoms with Crippen LogP contribution in [0.5, 0.6) is 0 Å². The van der Waals surface area contributed by atoms with E-state index < -0.39 is 0 Å². The van der Waals surface area contributed by atoms with Crippen molar-refractivity contribution in [2.24, 2.45) is 0 Å². The molecule has 13 rings (SSSR count). The van der Waals surface area contributed by atoms with Gasteiger partial charge in [0, 0.05) is 65.8 Å². The van der Waals surface area contributed by atoms with Crippen LogP contribution in [0.3, 0.4) is 0 Å². The Balaban J connectivity index is 1.02. The van der Waals surface area contributed by atoms with Gasteiger partial charge in [-0.15, -0.1) is 0 Å². The minimum Gasteiger partial charge on any atom is -0.309 e. The molecule has 0 amide bonds. The minimum absolute atomic E-state index is 1.13. The summed E-state index contributed by atoms with van der Waals surface area (Å²) in [5.74, 6) is 0. The predicted molar refractivity (Wildman–Crippen MR) is 244 cm³/mol. The Hall–Kier alpha value is -7.82. The molecule has 0 fully saturated rings. The van der Waals surface area contributed by atoms with Crippen molar-refractivity contribution in [1.82, 2.24) is 18.3 Å². The Morgan fingerprint density at radius 2 is 0.466 bits per heavy atom. The number of hydrogen-bond donors (Lipinski definition) is 0. The number of fused-ring (bicyclic) bond motifs is 13. The average Bonchev–Trinajstić information content (AvgIpc) is 4.02. The quantitative estimate of drug-likeness (QED) is 0.171. The minimum atomic E-state index is 1.13. The Morgan fingerprint density at radius 1 is 0.190 bits per heavy atom. The van der Waals surface area contributed by atoms with Gasteiger partial charge in [-0.25, -0.2) is 0 Å². The van der Waals surface area contributed by atoms with Crippen molar-refractivity contribution in [3.63, 3.8) is 0 Å². The fourth-order valence-corrected chi connectivity index (χ4v) is 9.96. The monoisotopic (exact) mass is 738 g/mol. The summed E-state index contributed by atoms with van der Waals surface area (Å²) in [4.78, 5) is 0. The van der Waals surface area contributed by atoms with Crippen LogP contribution >= 0.6 is 0 Å². The molecule has 0 radical (unpaired) electrons. The van der Waals surface area contributed by atoms with Crippen LogP contribution in [0.4, 0.5) is 0 Å². The van der Waals surface area contributed by atoms with Gasteiger partial charge in [0.1, 0.15) is 0 Å². The molecule has 58 heavy (non-hydrogen) atoms. The van der Waals surface area contributed by atoms with Gasteiger partial charge in [-0.1, -0.05) is 115 Å². The van der Waals surface area contributed by atoms with E-state index in [-0.39, 0.29) is 0 Å². The Bertz CT molecular complexity index is 3670. The van der Waals surface area contributed by atoms with E-state index in [9.17, 15) is 0 Å². The van der Waals surface area contributed by atoms with Gasteiger partial charge < -0.3 is 18.3 Å². The summed E-state index contributed by atoms with van der Waals surface area (Å²) in [6, 6.07) is 75.4. The summed E-state index contributed by atoms with van der Waals surface area (Å²) >= 11 is 0. The van der Waals surface area contributed by atoms with Crippen LogP contribution < -0.4 is 0 Å². The molecule has 4 aromatic heterocycles. The molecule has 4 heterocycles. The molecule has 270 valence electrons. The summed E-state index contributed by atoms with van der Waals surface area (Å²) in [6.45, 7) is 0. The lowest BCUT2D eigenvalue weighted by atomic mass is 10.1. The van der Waals surface area contributed by atoms with E-state index in [1.807, 2.05) is 0 Å². The van der Waals surface area contributed by atoms with Crippen LogP contribution in [-0.4, -0.2) is 18.3 Å². The number of aromatic nitrogens is 4. The Labute approximate surface area is 333 Å². The maximum atomic E-state index is 2.48. The van der Waals surface area contributed by atoms with E-state index in [1.54, 1.807) is 0 Å². The summed E-state index contributed by atoms with van der Waals surface area (Å²) in [5.41, 5.74) is 14.2. The van der Waals surface area contributed by atoms with E-state index >= 15 is 0 Å². The van der Waals surface area contributed by atoms with Gasteiger partial charge in [0.25, 0.3) is 0 Å². The topological polar surface area (TPSA) is 19.7 Å². The molecule has 0 aliphatic heterocycles. The number of rotatable bonds is 4. The van der Waals surface area contributed by atoms with Crippen molar-refractivity contribution >= 4 is 87.2 Å². The zero-order chi connectivity index (χ0) is 37.9. The summed E-state index contributed by atoms with van der Waals surface area (Å²) in [6.07, 6.45) is 0. The molecule has 9 aromatic carbocycles. The van der Waals surface area contributed by atoms with Crippen molar-refractivity contribution in [2.45, 2.75) is 0 Å². The third kappa shape index (κ3) is 4.23. The highest BCUT2D eigenvalue weighted by atomic mass is 15.0. The fourth-order valence-electron chi connectivity index (χ4n) is 9.96. The zero-order valence-corrected chi connectivity index (χ0v) is 31.4. The average molecular weight is 739 g/mol. The van der Waals surface area contributed by atoms with Crippen molar-refractivity contribution in [3.8, 4) is 22.7 Å². The van der Waals surface area contributed by atoms with Gasteiger partial charge in [0.05, 0.1) is 44.1 Å². The standard InChI is InChI=1S/C54H34N4/c1-7-19-46-39(13-1)40-14-2-8-20-47(40)55(46)35-25-27-37(28-26-35)57-51-24-12-6-18-45(51)53-52(57)34-33-44-43-17-5-11-23-50(43)58(54(44)53)38-31-29-36(30-32-38)56-48-21-9-3-15-41(48)42-16-4-10-22-49(42)56/h1-34H. The second-order valence-corrected chi connectivity index (χ2v) is 15.3. The Kier molecular flexibility index (Phi) is 6.41. The molecule has 4 heteroatoms. The molecule has 0 atom stereocenters. The number of benzene rings is 9. The first-order valence-corrected chi connectivity index (χ1v) is 20.0. The molecule has 0 saturated heterocycles. The first kappa shape index (κ1) is 31.4. The molecule has 0 saturated carbocycles. The highest BCUT2D eigenvalue weighted by molar-refractivity contribution is 6.26. The van der Waals surface area contributed by atoms with Gasteiger partial charge in [-0.3, -0.25) is 0 Å². The molecule has 0 bridgehead atoms. The zero-order valence-electron chi connectivity index (χ0n) is 31.4. The van der Waals surface area contributed by atoms with Crippen LogP contribution in [0.15, 0.2) is 206 Å². The summed E-state index contributed by atoms with van der Waals surface area (Å²) in [7, 11) is 0. The van der Waals surface area contributed by atoms with Gasteiger partial charge >= 0.3 is 0 Å². The lowest BCUT2D eigenvalue weighted by molar-refractivity contribution is 1.14. The number of para-hydroxylation sites is 6. The molecule has 0 aliphatic rings. The van der Waals surface area contributed by atoms with E-state index in [4.69, 9.17) is 0 Å².